The molecule has 2 amide bonds. The number of hydrogen-bond acceptors (Lipinski definition) is 3. The first-order valence-corrected chi connectivity index (χ1v) is 6.41. The van der Waals surface area contributed by atoms with E-state index in [9.17, 15) is 9.90 Å². The van der Waals surface area contributed by atoms with Crippen LogP contribution >= 0.6 is 27.5 Å². The van der Waals surface area contributed by atoms with E-state index < -0.39 is 5.60 Å². The van der Waals surface area contributed by atoms with E-state index in [1.54, 1.807) is 27.1 Å². The van der Waals surface area contributed by atoms with Gasteiger partial charge < -0.3 is 15.3 Å². The highest BCUT2D eigenvalue weighted by atomic mass is 79.9. The molecule has 1 heterocycles. The van der Waals surface area contributed by atoms with Crippen molar-refractivity contribution in [2.75, 3.05) is 18.9 Å². The second-order valence-electron chi connectivity index (χ2n) is 4.58. The van der Waals surface area contributed by atoms with Crippen molar-refractivity contribution in [1.29, 1.82) is 0 Å². The van der Waals surface area contributed by atoms with Crippen LogP contribution in [0.25, 0.3) is 0 Å². The molecule has 1 aromatic rings. The van der Waals surface area contributed by atoms with Crippen molar-refractivity contribution in [3.63, 3.8) is 0 Å². The van der Waals surface area contributed by atoms with Gasteiger partial charge >= 0.3 is 6.03 Å². The number of carbonyl (C=O) groups is 1. The molecule has 2 N–H and O–H groups in total. The number of nitrogens with zero attached hydrogens (tertiary/aromatic N) is 2. The number of carbonyl (C=O) groups excluding carboxylic acids is 1. The molecule has 18 heavy (non-hydrogen) atoms. The van der Waals surface area contributed by atoms with Gasteiger partial charge in [0.25, 0.3) is 0 Å². The van der Waals surface area contributed by atoms with E-state index in [1.165, 1.54) is 11.1 Å². The quantitative estimate of drug-likeness (QED) is 0.892. The van der Waals surface area contributed by atoms with Crippen molar-refractivity contribution < 1.29 is 9.90 Å². The Morgan fingerprint density at radius 2 is 2.22 bits per heavy atom. The zero-order valence-corrected chi connectivity index (χ0v) is 12.7. The molecule has 1 rings (SSSR count). The fraction of sp³-hybridized carbons (Fsp3) is 0.455. The molecule has 0 saturated heterocycles. The second kappa shape index (κ2) is 5.86. The molecule has 0 aliphatic heterocycles. The molecule has 0 aromatic carbocycles. The number of aromatic nitrogens is 1. The highest BCUT2D eigenvalue weighted by molar-refractivity contribution is 9.10. The SMILES string of the molecule is CN(CC(C)(C)O)C(=O)Nc1cncc(Br)c1Cl. The molecule has 7 heteroatoms. The van der Waals surface area contributed by atoms with Crippen LogP contribution in [0.5, 0.6) is 0 Å². The Morgan fingerprint density at radius 3 is 2.78 bits per heavy atom. The minimum absolute atomic E-state index is 0.206. The average molecular weight is 337 g/mol. The summed E-state index contributed by atoms with van der Waals surface area (Å²) >= 11 is 9.23. The predicted octanol–water partition coefficient (Wildman–Crippen LogP) is 2.73. The molecule has 0 atom stereocenters. The Kier molecular flexibility index (Phi) is 4.95. The van der Waals surface area contributed by atoms with Gasteiger partial charge in [-0.2, -0.15) is 0 Å². The molecular formula is C11H15BrClN3O2. The van der Waals surface area contributed by atoms with Gasteiger partial charge in [-0.15, -0.1) is 0 Å². The highest BCUT2D eigenvalue weighted by Gasteiger charge is 2.20. The number of hydrogen-bond donors (Lipinski definition) is 2. The van der Waals surface area contributed by atoms with Gasteiger partial charge in [0, 0.05) is 13.2 Å². The van der Waals surface area contributed by atoms with E-state index in [1.807, 2.05) is 0 Å². The summed E-state index contributed by atoms with van der Waals surface area (Å²) in [6, 6.07) is -0.362. The summed E-state index contributed by atoms with van der Waals surface area (Å²) < 4.78 is 0.604. The van der Waals surface area contributed by atoms with Crippen LogP contribution in [0, 0.1) is 0 Å². The second-order valence-corrected chi connectivity index (χ2v) is 5.81. The number of anilines is 1. The normalized spacial score (nSPS) is 11.2. The number of pyridine rings is 1. The maximum atomic E-state index is 11.9. The molecule has 1 aromatic heterocycles. The third kappa shape index (κ3) is 4.44. The van der Waals surface area contributed by atoms with Gasteiger partial charge in [0.1, 0.15) is 0 Å². The van der Waals surface area contributed by atoms with Crippen molar-refractivity contribution >= 4 is 39.2 Å². The molecule has 0 saturated carbocycles. The van der Waals surface area contributed by atoms with Gasteiger partial charge in [-0.05, 0) is 29.8 Å². The molecular weight excluding hydrogens is 321 g/mol. The summed E-state index contributed by atoms with van der Waals surface area (Å²) in [6.45, 7) is 3.47. The zero-order chi connectivity index (χ0) is 13.9. The molecule has 0 radical (unpaired) electrons. The Morgan fingerprint density at radius 1 is 1.61 bits per heavy atom. The summed E-state index contributed by atoms with van der Waals surface area (Å²) in [5.74, 6) is 0. The Labute approximate surface area is 119 Å². The largest absolute Gasteiger partial charge is 0.389 e. The monoisotopic (exact) mass is 335 g/mol. The standard InChI is InChI=1S/C11H15BrClN3O2/c1-11(2,18)6-16(3)10(17)15-8-5-14-4-7(12)9(8)13/h4-5,18H,6H2,1-3H3,(H,15,17). The lowest BCUT2D eigenvalue weighted by molar-refractivity contribution is 0.0550. The number of nitrogens with one attached hydrogen (secondary N) is 1. The van der Waals surface area contributed by atoms with Crippen LogP contribution in [-0.4, -0.2) is 40.2 Å². The number of aliphatic hydroxyl groups is 1. The average Bonchev–Trinajstić information content (AvgIpc) is 2.22. The van der Waals surface area contributed by atoms with Gasteiger partial charge in [0.15, 0.2) is 0 Å². The predicted molar refractivity (Wildman–Crippen MR) is 74.9 cm³/mol. The van der Waals surface area contributed by atoms with Crippen molar-refractivity contribution in [1.82, 2.24) is 9.88 Å². The number of halogens is 2. The van der Waals surface area contributed by atoms with E-state index in [2.05, 4.69) is 26.2 Å². The smallest absolute Gasteiger partial charge is 0.321 e. The minimum atomic E-state index is -0.953. The Hall–Kier alpha value is -0.850. The molecule has 0 aliphatic carbocycles. The summed E-state index contributed by atoms with van der Waals surface area (Å²) in [4.78, 5) is 17.1. The lowest BCUT2D eigenvalue weighted by Crippen LogP contribution is -2.41. The fourth-order valence-electron chi connectivity index (χ4n) is 1.37. The third-order valence-corrected chi connectivity index (χ3v) is 3.29. The van der Waals surface area contributed by atoms with Crippen molar-refractivity contribution in [2.45, 2.75) is 19.4 Å². The lowest BCUT2D eigenvalue weighted by Gasteiger charge is -2.25. The summed E-state index contributed by atoms with van der Waals surface area (Å²) in [5, 5.41) is 12.6. The minimum Gasteiger partial charge on any atom is -0.389 e. The summed E-state index contributed by atoms with van der Waals surface area (Å²) in [5.41, 5.74) is -0.538. The van der Waals surface area contributed by atoms with Crippen molar-refractivity contribution in [2.24, 2.45) is 0 Å². The Bertz CT molecular complexity index is 448. The fourth-order valence-corrected chi connectivity index (χ4v) is 1.85. The summed E-state index contributed by atoms with van der Waals surface area (Å²) in [7, 11) is 1.59. The van der Waals surface area contributed by atoms with E-state index in [0.717, 1.165) is 0 Å². The van der Waals surface area contributed by atoms with E-state index in [-0.39, 0.29) is 12.6 Å². The zero-order valence-electron chi connectivity index (χ0n) is 10.4. The maximum Gasteiger partial charge on any atom is 0.321 e. The molecule has 5 nitrogen and oxygen atoms in total. The topological polar surface area (TPSA) is 65.5 Å². The van der Waals surface area contributed by atoms with Gasteiger partial charge in [0.05, 0.1) is 33.5 Å². The first-order chi connectivity index (χ1) is 8.20. The lowest BCUT2D eigenvalue weighted by atomic mass is 10.1. The molecule has 0 unspecified atom stereocenters. The van der Waals surface area contributed by atoms with E-state index in [0.29, 0.717) is 15.2 Å². The Balaban J connectivity index is 2.73. The van der Waals surface area contributed by atoms with Crippen LogP contribution in [0.1, 0.15) is 13.8 Å². The number of urea groups is 1. The van der Waals surface area contributed by atoms with Crippen LogP contribution in [0.15, 0.2) is 16.9 Å². The van der Waals surface area contributed by atoms with Crippen molar-refractivity contribution in [3.05, 3.63) is 21.9 Å². The molecule has 0 bridgehead atoms. The first-order valence-electron chi connectivity index (χ1n) is 5.24. The van der Waals surface area contributed by atoms with Gasteiger partial charge in [-0.3, -0.25) is 4.98 Å². The van der Waals surface area contributed by atoms with Crippen molar-refractivity contribution in [3.8, 4) is 0 Å². The van der Waals surface area contributed by atoms with E-state index >= 15 is 0 Å². The number of amides is 2. The molecule has 100 valence electrons. The number of rotatable bonds is 3. The number of likely N-dealkylation sites (N-methyl/N-ethyl adjacent to an activating group) is 1. The highest BCUT2D eigenvalue weighted by Crippen LogP contribution is 2.28. The first kappa shape index (κ1) is 15.2. The van der Waals surface area contributed by atoms with Crippen LogP contribution in [0.4, 0.5) is 10.5 Å². The molecule has 0 aliphatic rings. The van der Waals surface area contributed by atoms with Gasteiger partial charge in [-0.25, -0.2) is 4.79 Å². The van der Waals surface area contributed by atoms with Gasteiger partial charge in [-0.1, -0.05) is 11.6 Å². The van der Waals surface area contributed by atoms with Crippen LogP contribution in [0.2, 0.25) is 5.02 Å². The van der Waals surface area contributed by atoms with E-state index in [4.69, 9.17) is 11.6 Å². The van der Waals surface area contributed by atoms with Crippen LogP contribution < -0.4 is 5.32 Å². The summed E-state index contributed by atoms with van der Waals surface area (Å²) in [6.07, 6.45) is 3.00. The van der Waals surface area contributed by atoms with Gasteiger partial charge in [0.2, 0.25) is 0 Å². The third-order valence-electron chi connectivity index (χ3n) is 2.05. The molecule has 0 spiro atoms. The van der Waals surface area contributed by atoms with Crippen LogP contribution in [0.3, 0.4) is 0 Å². The van der Waals surface area contributed by atoms with Crippen LogP contribution in [-0.2, 0) is 0 Å². The maximum absolute atomic E-state index is 11.9. The molecule has 0 fully saturated rings.